The molecule has 0 unspecified atom stereocenters. The van der Waals surface area contributed by atoms with Crippen molar-refractivity contribution in [2.75, 3.05) is 0 Å². The Hall–Kier alpha value is -0.890. The molecule has 0 aliphatic rings. The summed E-state index contributed by atoms with van der Waals surface area (Å²) in [6.07, 6.45) is 0. The molecule has 2 aromatic heterocycles. The van der Waals surface area contributed by atoms with E-state index in [9.17, 15) is 0 Å². The molecule has 0 N–H and O–H groups in total. The molecule has 0 radical (unpaired) electrons. The van der Waals surface area contributed by atoms with Crippen molar-refractivity contribution in [1.82, 2.24) is 9.97 Å². The Bertz CT molecular complexity index is 514. The van der Waals surface area contributed by atoms with Crippen molar-refractivity contribution < 1.29 is 0 Å². The predicted octanol–water partition coefficient (Wildman–Crippen LogP) is 2.87. The second-order valence-electron chi connectivity index (χ2n) is 2.22. The zero-order chi connectivity index (χ0) is 9.42. The Labute approximate surface area is 87.6 Å². The molecule has 3 nitrogen and oxygen atoms in total. The number of aromatic nitrogens is 2. The molecule has 6 heteroatoms. The van der Waals surface area contributed by atoms with Crippen molar-refractivity contribution in [3.8, 4) is 6.07 Å². The fraction of sp³-hybridized carbons (Fsp3) is 0. The zero-order valence-corrected chi connectivity index (χ0v) is 8.41. The average Bonchev–Trinajstić information content (AvgIpc) is 2.47. The monoisotopic (exact) mass is 229 g/mol. The Morgan fingerprint density at radius 3 is 2.85 bits per heavy atom. The first-order valence-corrected chi connectivity index (χ1v) is 4.86. The van der Waals surface area contributed by atoms with Crippen LogP contribution in [0.25, 0.3) is 10.2 Å². The van der Waals surface area contributed by atoms with E-state index in [-0.39, 0.29) is 5.28 Å². The van der Waals surface area contributed by atoms with Gasteiger partial charge < -0.3 is 0 Å². The molecular formula is C7HCl2N3S. The average molecular weight is 230 g/mol. The van der Waals surface area contributed by atoms with Crippen LogP contribution in [0, 0.1) is 11.3 Å². The lowest BCUT2D eigenvalue weighted by molar-refractivity contribution is 1.23. The molecular weight excluding hydrogens is 229 g/mol. The van der Waals surface area contributed by atoms with Crippen molar-refractivity contribution >= 4 is 44.8 Å². The van der Waals surface area contributed by atoms with Crippen molar-refractivity contribution in [2.45, 2.75) is 0 Å². The van der Waals surface area contributed by atoms with Crippen LogP contribution in [0.5, 0.6) is 0 Å². The first-order chi connectivity index (χ1) is 6.22. The largest absolute Gasteiger partial charge is 0.224 e. The lowest BCUT2D eigenvalue weighted by atomic mass is 10.3. The minimum Gasteiger partial charge on any atom is -0.215 e. The van der Waals surface area contributed by atoms with Gasteiger partial charge in [-0.05, 0) is 11.6 Å². The summed E-state index contributed by atoms with van der Waals surface area (Å²) in [5.41, 5.74) is 1.00. The van der Waals surface area contributed by atoms with E-state index in [1.54, 1.807) is 5.38 Å². The van der Waals surface area contributed by atoms with E-state index in [1.807, 2.05) is 6.07 Å². The first-order valence-electron chi connectivity index (χ1n) is 3.22. The highest BCUT2D eigenvalue weighted by molar-refractivity contribution is 7.18. The van der Waals surface area contributed by atoms with Crippen LogP contribution < -0.4 is 0 Å². The lowest BCUT2D eigenvalue weighted by Crippen LogP contribution is -1.84. The minimum atomic E-state index is 0.0624. The van der Waals surface area contributed by atoms with Gasteiger partial charge in [0.15, 0.2) is 5.15 Å². The second-order valence-corrected chi connectivity index (χ2v) is 3.80. The number of thiophene rings is 1. The number of hydrogen-bond donors (Lipinski definition) is 0. The van der Waals surface area contributed by atoms with Gasteiger partial charge in [0.1, 0.15) is 11.6 Å². The molecule has 0 aromatic carbocycles. The molecule has 0 fully saturated rings. The Morgan fingerprint density at radius 2 is 2.15 bits per heavy atom. The van der Waals surface area contributed by atoms with Crippen molar-refractivity contribution in [1.29, 1.82) is 5.26 Å². The van der Waals surface area contributed by atoms with Gasteiger partial charge in [-0.1, -0.05) is 11.6 Å². The molecule has 2 aromatic rings. The molecule has 0 amide bonds. The van der Waals surface area contributed by atoms with Gasteiger partial charge in [0.05, 0.1) is 10.3 Å². The number of fused-ring (bicyclic) bond motifs is 1. The maximum Gasteiger partial charge on any atom is 0.224 e. The highest BCUT2D eigenvalue weighted by atomic mass is 35.5. The van der Waals surface area contributed by atoms with Crippen LogP contribution in [0.1, 0.15) is 5.56 Å². The Morgan fingerprint density at radius 1 is 1.38 bits per heavy atom. The quantitative estimate of drug-likeness (QED) is 0.516. The van der Waals surface area contributed by atoms with Crippen molar-refractivity contribution in [2.24, 2.45) is 0 Å². The summed E-state index contributed by atoms with van der Waals surface area (Å²) in [5, 5.41) is 10.8. The molecule has 13 heavy (non-hydrogen) atoms. The van der Waals surface area contributed by atoms with Gasteiger partial charge in [-0.3, -0.25) is 0 Å². The summed E-state index contributed by atoms with van der Waals surface area (Å²) in [7, 11) is 0. The fourth-order valence-electron chi connectivity index (χ4n) is 0.937. The van der Waals surface area contributed by atoms with Crippen LogP contribution in [-0.4, -0.2) is 9.97 Å². The highest BCUT2D eigenvalue weighted by Crippen LogP contribution is 2.29. The molecule has 0 aliphatic carbocycles. The lowest BCUT2D eigenvalue weighted by Gasteiger charge is -1.92. The molecule has 0 spiro atoms. The minimum absolute atomic E-state index is 0.0624. The molecule has 64 valence electrons. The molecule has 0 saturated heterocycles. The van der Waals surface area contributed by atoms with Crippen LogP contribution in [0.2, 0.25) is 10.4 Å². The number of nitriles is 1. The fourth-order valence-corrected chi connectivity index (χ4v) is 2.26. The smallest absolute Gasteiger partial charge is 0.215 e. The molecule has 0 saturated carbocycles. The third kappa shape index (κ3) is 1.35. The van der Waals surface area contributed by atoms with Gasteiger partial charge in [0, 0.05) is 5.38 Å². The van der Waals surface area contributed by atoms with Gasteiger partial charge in [0.25, 0.3) is 0 Å². The summed E-state index contributed by atoms with van der Waals surface area (Å²) in [6, 6.07) is 2.01. The van der Waals surface area contributed by atoms with E-state index in [0.717, 1.165) is 0 Å². The van der Waals surface area contributed by atoms with E-state index >= 15 is 0 Å². The number of nitrogens with zero attached hydrogens (tertiary/aromatic N) is 3. The Kier molecular flexibility index (Phi) is 2.08. The van der Waals surface area contributed by atoms with E-state index in [4.69, 9.17) is 28.5 Å². The Balaban J connectivity index is 2.92. The normalized spacial score (nSPS) is 10.2. The third-order valence-corrected chi connectivity index (χ3v) is 3.00. The SMILES string of the molecule is N#Cc1csc2c(Cl)nc(Cl)nc12. The van der Waals surface area contributed by atoms with Gasteiger partial charge in [0.2, 0.25) is 5.28 Å². The summed E-state index contributed by atoms with van der Waals surface area (Å²) >= 11 is 12.7. The van der Waals surface area contributed by atoms with Crippen LogP contribution in [0.15, 0.2) is 5.38 Å². The van der Waals surface area contributed by atoms with E-state index in [0.29, 0.717) is 20.9 Å². The molecule has 0 aliphatic heterocycles. The van der Waals surface area contributed by atoms with E-state index < -0.39 is 0 Å². The maximum absolute atomic E-state index is 8.72. The summed E-state index contributed by atoms with van der Waals surface area (Å²) in [6.45, 7) is 0. The number of halogens is 2. The van der Waals surface area contributed by atoms with Crippen molar-refractivity contribution in [3.05, 3.63) is 21.4 Å². The van der Waals surface area contributed by atoms with Crippen LogP contribution >= 0.6 is 34.5 Å². The topological polar surface area (TPSA) is 49.6 Å². The second kappa shape index (κ2) is 3.11. The third-order valence-electron chi connectivity index (χ3n) is 1.47. The summed E-state index contributed by atoms with van der Waals surface area (Å²) in [5.74, 6) is 0. The maximum atomic E-state index is 8.72. The van der Waals surface area contributed by atoms with Crippen LogP contribution in [0.3, 0.4) is 0 Å². The molecule has 0 atom stereocenters. The van der Waals surface area contributed by atoms with Gasteiger partial charge >= 0.3 is 0 Å². The van der Waals surface area contributed by atoms with Gasteiger partial charge in [-0.25, -0.2) is 9.97 Å². The summed E-state index contributed by atoms with van der Waals surface area (Å²) in [4.78, 5) is 7.70. The standard InChI is InChI=1S/C7HCl2N3S/c8-6-5-4(11-7(9)12-6)3(1-10)2-13-5/h2H. The molecule has 2 rings (SSSR count). The van der Waals surface area contributed by atoms with E-state index in [2.05, 4.69) is 9.97 Å². The van der Waals surface area contributed by atoms with Crippen LogP contribution in [0.4, 0.5) is 0 Å². The highest BCUT2D eigenvalue weighted by Gasteiger charge is 2.10. The number of hydrogen-bond acceptors (Lipinski definition) is 4. The summed E-state index contributed by atoms with van der Waals surface area (Å²) < 4.78 is 0.697. The molecule has 2 heterocycles. The molecule has 0 bridgehead atoms. The zero-order valence-electron chi connectivity index (χ0n) is 6.08. The first kappa shape index (κ1) is 8.70. The van der Waals surface area contributed by atoms with Gasteiger partial charge in [-0.15, -0.1) is 11.3 Å². The van der Waals surface area contributed by atoms with Crippen LogP contribution in [-0.2, 0) is 0 Å². The van der Waals surface area contributed by atoms with Gasteiger partial charge in [-0.2, -0.15) is 5.26 Å². The van der Waals surface area contributed by atoms with E-state index in [1.165, 1.54) is 11.3 Å². The number of rotatable bonds is 0. The predicted molar refractivity (Wildman–Crippen MR) is 52.2 cm³/mol. The van der Waals surface area contributed by atoms with Crippen molar-refractivity contribution in [3.63, 3.8) is 0 Å².